The first-order valence-corrected chi connectivity index (χ1v) is 19.2. The second kappa shape index (κ2) is 14.0. The summed E-state index contributed by atoms with van der Waals surface area (Å²) in [6, 6.07) is 6.17. The molecule has 1 heterocycles. The van der Waals surface area contributed by atoms with Crippen molar-refractivity contribution in [2.75, 3.05) is 18.5 Å². The van der Waals surface area contributed by atoms with Crippen molar-refractivity contribution >= 4 is 35.2 Å². The summed E-state index contributed by atoms with van der Waals surface area (Å²) in [6.07, 6.45) is 3.87. The van der Waals surface area contributed by atoms with Crippen molar-refractivity contribution in [1.29, 1.82) is 0 Å². The van der Waals surface area contributed by atoms with Gasteiger partial charge in [0.2, 0.25) is 11.7 Å². The highest BCUT2D eigenvalue weighted by atomic mass is 19.1. The summed E-state index contributed by atoms with van der Waals surface area (Å²) in [7, 11) is 0. The largest absolute Gasteiger partial charge is 0.458 e. The zero-order chi connectivity index (χ0) is 39.6. The second-order valence-electron chi connectivity index (χ2n) is 17.8. The third kappa shape index (κ3) is 6.30. The third-order valence-electron chi connectivity index (χ3n) is 13.1. The molecule has 3 N–H and O–H groups in total. The zero-order valence-corrected chi connectivity index (χ0v) is 32.6. The van der Waals surface area contributed by atoms with Crippen LogP contribution in [-0.2, 0) is 33.4 Å². The molecule has 1 aliphatic heterocycles. The first-order chi connectivity index (χ1) is 25.2. The van der Waals surface area contributed by atoms with Crippen LogP contribution in [0.2, 0.25) is 0 Å². The molecule has 4 fully saturated rings. The number of ether oxygens (including phenoxy) is 3. The number of ketones is 2. The van der Waals surface area contributed by atoms with E-state index in [9.17, 15) is 29.1 Å². The van der Waals surface area contributed by atoms with Crippen LogP contribution in [0.5, 0.6) is 0 Å². The Morgan fingerprint density at radius 3 is 2.46 bits per heavy atom. The van der Waals surface area contributed by atoms with Crippen LogP contribution in [0.15, 0.2) is 48.1 Å². The predicted octanol–water partition coefficient (Wildman–Crippen LogP) is 6.15. The van der Waals surface area contributed by atoms with Gasteiger partial charge in [-0.25, -0.2) is 9.18 Å². The van der Waals surface area contributed by atoms with Crippen molar-refractivity contribution < 1.29 is 47.7 Å². The molecular formula is C42H55FN2O9. The number of Topliss-reactive ketones (excluding diaryl/α,β-unsaturated/α-hetero) is 1. The first kappa shape index (κ1) is 39.8. The van der Waals surface area contributed by atoms with Crippen molar-refractivity contribution in [2.24, 2.45) is 34.5 Å². The number of hydrogen-bond donors (Lipinski definition) is 3. The van der Waals surface area contributed by atoms with E-state index in [-0.39, 0.29) is 48.8 Å². The number of carbonyl (C=O) groups is 5. The molecule has 12 heteroatoms. The lowest BCUT2D eigenvalue weighted by Gasteiger charge is -2.67. The Morgan fingerprint density at radius 1 is 1.11 bits per heavy atom. The SMILES string of the molecule is CC(CC(=O)OCC(=O)[C@]12OC[C@@]13C[C@H](O)[C@@]1(F)[C@@H](CCC4=CC(=O)C=C[C@@]41C)[C@@H]3C[C@H]2C)c1ccccc1NC(=O)[C@@H](NC(=O)OC(C)(C)C)C(C)C. The minimum absolute atomic E-state index is 0.0316. The van der Waals surface area contributed by atoms with Gasteiger partial charge in [0.1, 0.15) is 17.2 Å². The number of rotatable bonds is 10. The summed E-state index contributed by atoms with van der Waals surface area (Å²) in [6.45, 7) is 14.0. The van der Waals surface area contributed by atoms with Crippen LogP contribution < -0.4 is 10.6 Å². The van der Waals surface area contributed by atoms with Crippen LogP contribution in [0.4, 0.5) is 14.9 Å². The number of aliphatic hydroxyl groups is 1. The Bertz CT molecular complexity index is 1780. The fraction of sp³-hybridized carbons (Fsp3) is 0.643. The van der Waals surface area contributed by atoms with E-state index in [1.807, 2.05) is 27.7 Å². The maximum atomic E-state index is 17.6. The quantitative estimate of drug-likeness (QED) is 0.239. The summed E-state index contributed by atoms with van der Waals surface area (Å²) in [5.41, 5.74) is -4.14. The highest BCUT2D eigenvalue weighted by molar-refractivity contribution is 6.01. The van der Waals surface area contributed by atoms with E-state index >= 15 is 4.39 Å². The number of aliphatic hydroxyl groups excluding tert-OH is 1. The fourth-order valence-electron chi connectivity index (χ4n) is 10.6. The molecule has 10 atom stereocenters. The average Bonchev–Trinajstić information content (AvgIpc) is 3.23. The molecule has 6 rings (SSSR count). The highest BCUT2D eigenvalue weighted by Crippen LogP contribution is 2.74. The van der Waals surface area contributed by atoms with Crippen LogP contribution in [0.3, 0.4) is 0 Å². The molecular weight excluding hydrogens is 695 g/mol. The van der Waals surface area contributed by atoms with Crippen molar-refractivity contribution in [3.63, 3.8) is 0 Å². The van der Waals surface area contributed by atoms with E-state index in [4.69, 9.17) is 14.2 Å². The van der Waals surface area contributed by atoms with Gasteiger partial charge in [-0.1, -0.05) is 57.5 Å². The summed E-state index contributed by atoms with van der Waals surface area (Å²) < 4.78 is 34.7. The van der Waals surface area contributed by atoms with Crippen molar-refractivity contribution in [3.8, 4) is 0 Å². The minimum atomic E-state index is -2.01. The number of allylic oxidation sites excluding steroid dienone is 4. The number of alkyl carbamates (subject to hydrolysis) is 1. The zero-order valence-electron chi connectivity index (χ0n) is 32.6. The number of esters is 1. The first-order valence-electron chi connectivity index (χ1n) is 19.2. The maximum Gasteiger partial charge on any atom is 0.408 e. The fourth-order valence-corrected chi connectivity index (χ4v) is 10.6. The van der Waals surface area contributed by atoms with Crippen LogP contribution in [-0.4, -0.2) is 76.9 Å². The van der Waals surface area contributed by atoms with Gasteiger partial charge in [0.05, 0.1) is 19.1 Å². The number of halogens is 1. The van der Waals surface area contributed by atoms with Gasteiger partial charge in [-0.3, -0.25) is 19.2 Å². The maximum absolute atomic E-state index is 17.6. The van der Waals surface area contributed by atoms with Gasteiger partial charge in [0.15, 0.2) is 18.1 Å². The van der Waals surface area contributed by atoms with Crippen LogP contribution in [0, 0.1) is 34.5 Å². The van der Waals surface area contributed by atoms with Gasteiger partial charge in [0, 0.05) is 22.4 Å². The monoisotopic (exact) mass is 750 g/mol. The van der Waals surface area contributed by atoms with Gasteiger partial charge in [-0.15, -0.1) is 0 Å². The number of amides is 2. The van der Waals surface area contributed by atoms with Crippen LogP contribution >= 0.6 is 0 Å². The molecule has 1 aromatic carbocycles. The van der Waals surface area contributed by atoms with E-state index in [1.165, 1.54) is 12.2 Å². The molecule has 2 amide bonds. The Kier molecular flexibility index (Phi) is 10.3. The Balaban J connectivity index is 1.11. The predicted molar refractivity (Wildman–Crippen MR) is 198 cm³/mol. The molecule has 0 radical (unpaired) electrons. The van der Waals surface area contributed by atoms with Crippen molar-refractivity contribution in [3.05, 3.63) is 53.6 Å². The second-order valence-corrected chi connectivity index (χ2v) is 17.8. The number of carbonyl (C=O) groups excluding carboxylic acids is 5. The standard InChI is InChI=1S/C42H55FN2O9/c1-23(2)35(45-37(51)54-38(5,6)7)36(50)44-31-12-10-9-11-28(31)24(3)17-34(49)52-21-33(48)42-25(4)18-30-29-14-13-26-19-27(46)15-16-39(26,8)41(29,43)32(47)20-40(30,42)22-53-42/h9-12,15-16,19,23-25,29-30,32,35,47H,13-14,17-18,20-22H2,1-8H3,(H,44,50)(H,45,51)/t24?,25-,29+,30+,32+,35+,39+,40-,41+,42+/m1/s1. The van der Waals surface area contributed by atoms with Gasteiger partial charge in [-0.2, -0.15) is 0 Å². The number of alkyl halides is 1. The van der Waals surface area contributed by atoms with E-state index in [2.05, 4.69) is 10.6 Å². The van der Waals surface area contributed by atoms with Crippen molar-refractivity contribution in [1.82, 2.24) is 5.32 Å². The molecule has 294 valence electrons. The molecule has 0 bridgehead atoms. The number of hydrogen-bond acceptors (Lipinski definition) is 9. The smallest absolute Gasteiger partial charge is 0.408 e. The number of nitrogens with one attached hydrogen (secondary N) is 2. The molecule has 1 unspecified atom stereocenters. The topological polar surface area (TPSA) is 157 Å². The van der Waals surface area contributed by atoms with Gasteiger partial charge < -0.3 is 30.0 Å². The third-order valence-corrected chi connectivity index (χ3v) is 13.1. The molecule has 1 aromatic rings. The minimum Gasteiger partial charge on any atom is -0.458 e. The highest BCUT2D eigenvalue weighted by Gasteiger charge is 2.81. The summed E-state index contributed by atoms with van der Waals surface area (Å²) in [5.74, 6) is -3.36. The van der Waals surface area contributed by atoms with Crippen LogP contribution in [0.1, 0.15) is 99.0 Å². The molecule has 54 heavy (non-hydrogen) atoms. The van der Waals surface area contributed by atoms with Gasteiger partial charge >= 0.3 is 12.1 Å². The molecule has 3 saturated carbocycles. The molecule has 4 aliphatic carbocycles. The van der Waals surface area contributed by atoms with Crippen LogP contribution in [0.25, 0.3) is 0 Å². The van der Waals surface area contributed by atoms with E-state index < -0.39 is 76.3 Å². The number of fused-ring (bicyclic) bond motifs is 4. The van der Waals surface area contributed by atoms with E-state index in [1.54, 1.807) is 58.0 Å². The summed E-state index contributed by atoms with van der Waals surface area (Å²) in [4.78, 5) is 65.4. The Hall–Kier alpha value is -3.90. The lowest BCUT2D eigenvalue weighted by atomic mass is 9.43. The normalized spacial score (nSPS) is 34.9. The molecule has 1 spiro atoms. The molecule has 0 aromatic heterocycles. The average molecular weight is 751 g/mol. The van der Waals surface area contributed by atoms with E-state index in [0.717, 1.165) is 0 Å². The number of benzene rings is 1. The summed E-state index contributed by atoms with van der Waals surface area (Å²) in [5, 5.41) is 17.2. The Morgan fingerprint density at radius 2 is 1.81 bits per heavy atom. The lowest BCUT2D eigenvalue weighted by Crippen LogP contribution is -2.76. The summed E-state index contributed by atoms with van der Waals surface area (Å²) >= 11 is 0. The number of para-hydroxylation sites is 1. The van der Waals surface area contributed by atoms with Crippen molar-refractivity contribution in [2.45, 2.75) is 122 Å². The molecule has 5 aliphatic rings. The molecule has 11 nitrogen and oxygen atoms in total. The molecule has 1 saturated heterocycles. The number of anilines is 1. The van der Waals surface area contributed by atoms with Gasteiger partial charge in [0.25, 0.3) is 0 Å². The lowest BCUT2D eigenvalue weighted by molar-refractivity contribution is -0.310. The van der Waals surface area contributed by atoms with E-state index in [0.29, 0.717) is 36.1 Å². The Labute approximate surface area is 316 Å². The van der Waals surface area contributed by atoms with Gasteiger partial charge in [-0.05, 0) is 101 Å².